The van der Waals surface area contributed by atoms with Crippen molar-refractivity contribution in [2.75, 3.05) is 0 Å². The normalized spacial score (nSPS) is 14.6. The second-order valence-corrected chi connectivity index (χ2v) is 12.5. The van der Waals surface area contributed by atoms with Gasteiger partial charge in [0.25, 0.3) is 0 Å². The van der Waals surface area contributed by atoms with Crippen LogP contribution >= 0.6 is 0 Å². The molecule has 3 heterocycles. The zero-order chi connectivity index (χ0) is 33.0. The lowest BCUT2D eigenvalue weighted by Gasteiger charge is -2.25. The average molecular weight is 644 g/mol. The lowest BCUT2D eigenvalue weighted by atomic mass is 9.93. The largest absolute Gasteiger partial charge is 0.456 e. The molecule has 0 saturated heterocycles. The Morgan fingerprint density at radius 3 is 1.72 bits per heavy atom. The summed E-state index contributed by atoms with van der Waals surface area (Å²) in [5, 5.41) is 7.81. The number of aliphatic imine (C=N–C) groups is 2. The summed E-state index contributed by atoms with van der Waals surface area (Å²) in [7, 11) is 0. The zero-order valence-electron chi connectivity index (χ0n) is 26.9. The minimum atomic E-state index is -0.441. The highest BCUT2D eigenvalue weighted by Gasteiger charge is 2.28. The highest BCUT2D eigenvalue weighted by atomic mass is 16.3. The molecule has 1 N–H and O–H groups in total. The Kier molecular flexibility index (Phi) is 6.49. The maximum atomic E-state index is 6.44. The highest BCUT2D eigenvalue weighted by molar-refractivity contribution is 6.25. The van der Waals surface area contributed by atoms with Crippen molar-refractivity contribution < 1.29 is 8.83 Å². The molecule has 1 aliphatic rings. The van der Waals surface area contributed by atoms with Crippen LogP contribution in [0, 0.1) is 0 Å². The summed E-state index contributed by atoms with van der Waals surface area (Å²) in [4.78, 5) is 10.8. The molecule has 1 unspecified atom stereocenters. The Morgan fingerprint density at radius 1 is 0.440 bits per heavy atom. The van der Waals surface area contributed by atoms with E-state index in [0.717, 1.165) is 83.1 Å². The van der Waals surface area contributed by atoms with Crippen LogP contribution in [0.3, 0.4) is 0 Å². The molecule has 0 saturated carbocycles. The van der Waals surface area contributed by atoms with Crippen molar-refractivity contribution in [3.05, 3.63) is 180 Å². The van der Waals surface area contributed by atoms with E-state index in [1.807, 2.05) is 66.7 Å². The molecule has 0 bridgehead atoms. The van der Waals surface area contributed by atoms with Crippen LogP contribution in [-0.4, -0.2) is 11.7 Å². The van der Waals surface area contributed by atoms with Gasteiger partial charge in [-0.2, -0.15) is 0 Å². The third-order valence-electron chi connectivity index (χ3n) is 9.59. The van der Waals surface area contributed by atoms with E-state index in [4.69, 9.17) is 18.8 Å². The van der Waals surface area contributed by atoms with Crippen molar-refractivity contribution in [3.8, 4) is 22.3 Å². The van der Waals surface area contributed by atoms with Crippen LogP contribution in [0.5, 0.6) is 0 Å². The summed E-state index contributed by atoms with van der Waals surface area (Å²) in [6.45, 7) is 0. The fraction of sp³-hybridized carbons (Fsp3) is 0.0222. The second-order valence-electron chi connectivity index (χ2n) is 12.5. The average Bonchev–Trinajstić information content (AvgIpc) is 3.77. The van der Waals surface area contributed by atoms with Crippen LogP contribution in [-0.2, 0) is 0 Å². The third kappa shape index (κ3) is 4.63. The molecule has 1 aliphatic heterocycles. The molecule has 5 nitrogen and oxygen atoms in total. The van der Waals surface area contributed by atoms with Gasteiger partial charge in [0.2, 0.25) is 0 Å². The van der Waals surface area contributed by atoms with Gasteiger partial charge >= 0.3 is 0 Å². The summed E-state index contributed by atoms with van der Waals surface area (Å²) in [6.07, 6.45) is -0.441. The van der Waals surface area contributed by atoms with Crippen molar-refractivity contribution in [2.45, 2.75) is 6.17 Å². The quantitative estimate of drug-likeness (QED) is 0.203. The van der Waals surface area contributed by atoms with E-state index in [1.54, 1.807) is 0 Å². The molecule has 0 spiro atoms. The van der Waals surface area contributed by atoms with Crippen molar-refractivity contribution in [1.29, 1.82) is 0 Å². The van der Waals surface area contributed by atoms with Crippen LogP contribution in [0.1, 0.15) is 22.9 Å². The highest BCUT2D eigenvalue weighted by Crippen LogP contribution is 2.40. The number of furan rings is 2. The molecule has 236 valence electrons. The van der Waals surface area contributed by atoms with E-state index < -0.39 is 6.17 Å². The molecule has 5 heteroatoms. The van der Waals surface area contributed by atoms with Gasteiger partial charge in [-0.1, -0.05) is 133 Å². The molecular formula is C45H29N3O2. The maximum Gasteiger partial charge on any atom is 0.160 e. The topological polar surface area (TPSA) is 63.0 Å². The molecule has 7 aromatic carbocycles. The number of nitrogens with one attached hydrogen (secondary N) is 1. The van der Waals surface area contributed by atoms with E-state index in [-0.39, 0.29) is 0 Å². The molecule has 50 heavy (non-hydrogen) atoms. The number of amidine groups is 2. The van der Waals surface area contributed by atoms with Gasteiger partial charge in [-0.25, -0.2) is 9.98 Å². The molecule has 9 aromatic rings. The van der Waals surface area contributed by atoms with Crippen LogP contribution in [0.25, 0.3) is 66.1 Å². The first-order valence-corrected chi connectivity index (χ1v) is 16.8. The molecule has 0 amide bonds. The number of benzene rings is 7. The summed E-state index contributed by atoms with van der Waals surface area (Å²) in [5.74, 6) is 1.39. The fourth-order valence-electron chi connectivity index (χ4n) is 7.25. The number of hydrogen-bond acceptors (Lipinski definition) is 5. The second kappa shape index (κ2) is 11.5. The number of fused-ring (bicyclic) bond motifs is 6. The van der Waals surface area contributed by atoms with Gasteiger partial charge in [0.15, 0.2) is 5.84 Å². The third-order valence-corrected chi connectivity index (χ3v) is 9.59. The van der Waals surface area contributed by atoms with E-state index in [1.165, 1.54) is 5.56 Å². The molecule has 0 radical (unpaired) electrons. The first kappa shape index (κ1) is 28.3. The number of para-hydroxylation sites is 2. The Bertz CT molecular complexity index is 2770. The monoisotopic (exact) mass is 643 g/mol. The Labute approximate surface area is 287 Å². The van der Waals surface area contributed by atoms with Gasteiger partial charge in [-0.05, 0) is 52.6 Å². The summed E-state index contributed by atoms with van der Waals surface area (Å²) in [6, 6.07) is 56.2. The van der Waals surface area contributed by atoms with Gasteiger partial charge < -0.3 is 14.2 Å². The van der Waals surface area contributed by atoms with E-state index in [2.05, 4.69) is 102 Å². The van der Waals surface area contributed by atoms with Crippen molar-refractivity contribution in [3.63, 3.8) is 0 Å². The maximum absolute atomic E-state index is 6.44. The molecule has 0 aliphatic carbocycles. The van der Waals surface area contributed by atoms with E-state index in [0.29, 0.717) is 5.84 Å². The van der Waals surface area contributed by atoms with Crippen molar-refractivity contribution in [2.24, 2.45) is 9.98 Å². The number of rotatable bonds is 5. The Morgan fingerprint density at radius 2 is 1.00 bits per heavy atom. The zero-order valence-corrected chi connectivity index (χ0v) is 26.9. The van der Waals surface area contributed by atoms with Crippen molar-refractivity contribution in [1.82, 2.24) is 5.32 Å². The molecular weight excluding hydrogens is 615 g/mol. The van der Waals surface area contributed by atoms with E-state index in [9.17, 15) is 0 Å². The smallest absolute Gasteiger partial charge is 0.160 e. The predicted octanol–water partition coefficient (Wildman–Crippen LogP) is 11.3. The van der Waals surface area contributed by atoms with Crippen molar-refractivity contribution >= 4 is 55.5 Å². The lowest BCUT2D eigenvalue weighted by molar-refractivity contribution is 0.662. The first-order chi connectivity index (χ1) is 24.8. The molecule has 10 rings (SSSR count). The van der Waals surface area contributed by atoms with Gasteiger partial charge in [-0.15, -0.1) is 0 Å². The standard InChI is InChI=1S/C45H29N3O2/c1-3-12-28(13-4-1)29-22-24-30(25-23-29)32-26-27-39-41(34-17-8-10-20-37(34)50-39)42(32)45-47-43(31-14-5-2-6-15-31)46-44(48-45)35-18-11-21-38-40(35)33-16-7-9-19-36(33)49-38/h1-27,44H,(H,46,47,48). The summed E-state index contributed by atoms with van der Waals surface area (Å²) < 4.78 is 12.7. The van der Waals surface area contributed by atoms with Gasteiger partial charge in [0.05, 0.1) is 0 Å². The minimum Gasteiger partial charge on any atom is -0.456 e. The van der Waals surface area contributed by atoms with Crippen LogP contribution in [0.2, 0.25) is 0 Å². The van der Waals surface area contributed by atoms with Gasteiger partial charge in [-0.3, -0.25) is 0 Å². The fourth-order valence-corrected chi connectivity index (χ4v) is 7.25. The van der Waals surface area contributed by atoms with Crippen LogP contribution in [0.4, 0.5) is 0 Å². The Balaban J connectivity index is 1.24. The number of hydrogen-bond donors (Lipinski definition) is 1. The first-order valence-electron chi connectivity index (χ1n) is 16.8. The SMILES string of the molecule is c1ccc(C2=NC(c3c(-c4ccc(-c5ccccc5)cc4)ccc4oc5ccccc5c34)=NC(c3cccc4oc5ccccc5c34)N2)cc1. The van der Waals surface area contributed by atoms with Gasteiger partial charge in [0, 0.05) is 38.2 Å². The van der Waals surface area contributed by atoms with Crippen LogP contribution in [0.15, 0.2) is 183 Å². The lowest BCUT2D eigenvalue weighted by Crippen LogP contribution is -2.33. The Hall–Kier alpha value is -6.72. The number of nitrogens with zero attached hydrogens (tertiary/aromatic N) is 2. The van der Waals surface area contributed by atoms with E-state index >= 15 is 0 Å². The van der Waals surface area contributed by atoms with Gasteiger partial charge in [0.1, 0.15) is 34.3 Å². The summed E-state index contributed by atoms with van der Waals surface area (Å²) >= 11 is 0. The minimum absolute atomic E-state index is 0.441. The van der Waals surface area contributed by atoms with Crippen LogP contribution < -0.4 is 5.32 Å². The molecule has 0 fully saturated rings. The summed E-state index contributed by atoms with van der Waals surface area (Å²) in [5.41, 5.74) is 10.7. The molecule has 1 atom stereocenters. The predicted molar refractivity (Wildman–Crippen MR) is 204 cm³/mol. The molecule has 2 aromatic heterocycles.